The molecule has 142 valence electrons. The quantitative estimate of drug-likeness (QED) is 0.850. The maximum absolute atomic E-state index is 11.0. The topological polar surface area (TPSA) is 59.0 Å². The van der Waals surface area contributed by atoms with E-state index in [1.54, 1.807) is 0 Å². The third kappa shape index (κ3) is 3.78. The molecule has 5 heteroatoms. The Bertz CT molecular complexity index is 829. The molecular formula is C22H25NO4. The summed E-state index contributed by atoms with van der Waals surface area (Å²) in [6.07, 6.45) is 1.88. The smallest absolute Gasteiger partial charge is 0.309 e. The number of nitrogens with zero attached hydrogens (tertiary/aromatic N) is 1. The summed E-state index contributed by atoms with van der Waals surface area (Å²) in [5, 5.41) is 9.03. The zero-order chi connectivity index (χ0) is 18.8. The standard InChI is InChI=1S/C22H25NO4/c1-2-15-5-3-4-6-17(15)13-26-20-8-7-16-9-19(14-27-21(16)10-20)23-11-18(12-23)22(24)25/h3-8,10,18-19H,2,9,11-14H2,1H3,(H,24,25). The molecule has 2 heterocycles. The van der Waals surface area contributed by atoms with Gasteiger partial charge in [-0.05, 0) is 35.6 Å². The van der Waals surface area contributed by atoms with Crippen molar-refractivity contribution in [3.8, 4) is 11.5 Å². The van der Waals surface area contributed by atoms with Gasteiger partial charge in [-0.2, -0.15) is 0 Å². The van der Waals surface area contributed by atoms with Crippen molar-refractivity contribution in [2.24, 2.45) is 5.92 Å². The number of carboxylic acid groups (broad SMARTS) is 1. The summed E-state index contributed by atoms with van der Waals surface area (Å²) in [7, 11) is 0. The van der Waals surface area contributed by atoms with Crippen LogP contribution in [-0.4, -0.2) is 41.7 Å². The van der Waals surface area contributed by atoms with Gasteiger partial charge in [-0.25, -0.2) is 0 Å². The number of fused-ring (bicyclic) bond motifs is 1. The lowest BCUT2D eigenvalue weighted by Gasteiger charge is -2.43. The van der Waals surface area contributed by atoms with E-state index >= 15 is 0 Å². The van der Waals surface area contributed by atoms with Gasteiger partial charge in [0.05, 0.1) is 5.92 Å². The molecule has 4 rings (SSSR count). The highest BCUT2D eigenvalue weighted by Gasteiger charge is 2.38. The molecule has 1 N–H and O–H groups in total. The lowest BCUT2D eigenvalue weighted by Crippen LogP contribution is -2.57. The molecule has 2 aliphatic heterocycles. The number of likely N-dealkylation sites (tertiary alicyclic amines) is 1. The third-order valence-corrected chi connectivity index (χ3v) is 5.59. The monoisotopic (exact) mass is 367 g/mol. The average Bonchev–Trinajstić information content (AvgIpc) is 2.65. The van der Waals surface area contributed by atoms with E-state index in [4.69, 9.17) is 14.6 Å². The highest BCUT2D eigenvalue weighted by molar-refractivity contribution is 5.71. The summed E-state index contributed by atoms with van der Waals surface area (Å²) in [6.45, 7) is 4.55. The third-order valence-electron chi connectivity index (χ3n) is 5.59. The molecule has 2 aliphatic rings. The molecule has 0 bridgehead atoms. The van der Waals surface area contributed by atoms with E-state index in [0.717, 1.165) is 29.9 Å². The minimum absolute atomic E-state index is 0.229. The van der Waals surface area contributed by atoms with E-state index in [-0.39, 0.29) is 12.0 Å². The van der Waals surface area contributed by atoms with Gasteiger partial charge >= 0.3 is 5.97 Å². The molecule has 2 aromatic carbocycles. The van der Waals surface area contributed by atoms with Gasteiger partial charge in [0.2, 0.25) is 0 Å². The number of hydrogen-bond donors (Lipinski definition) is 1. The number of benzene rings is 2. The largest absolute Gasteiger partial charge is 0.492 e. The van der Waals surface area contributed by atoms with Crippen LogP contribution in [0, 0.1) is 5.92 Å². The lowest BCUT2D eigenvalue weighted by atomic mass is 9.93. The van der Waals surface area contributed by atoms with Gasteiger partial charge in [0.25, 0.3) is 0 Å². The van der Waals surface area contributed by atoms with Crippen LogP contribution < -0.4 is 9.47 Å². The molecule has 0 aliphatic carbocycles. The Labute approximate surface area is 159 Å². The van der Waals surface area contributed by atoms with Crippen molar-refractivity contribution < 1.29 is 19.4 Å². The number of carbonyl (C=O) groups is 1. The number of aryl methyl sites for hydroxylation is 1. The van der Waals surface area contributed by atoms with E-state index in [2.05, 4.69) is 36.1 Å². The van der Waals surface area contributed by atoms with Crippen LogP contribution >= 0.6 is 0 Å². The summed E-state index contributed by atoms with van der Waals surface area (Å²) in [5.74, 6) is 0.763. The molecule has 0 amide bonds. The predicted molar refractivity (Wildman–Crippen MR) is 102 cm³/mol. The van der Waals surface area contributed by atoms with Crippen molar-refractivity contribution in [3.05, 3.63) is 59.2 Å². The SMILES string of the molecule is CCc1ccccc1COc1ccc2c(c1)OCC(N1CC(C(=O)O)C1)C2. The first kappa shape index (κ1) is 17.9. The summed E-state index contributed by atoms with van der Waals surface area (Å²) >= 11 is 0. The van der Waals surface area contributed by atoms with Gasteiger partial charge < -0.3 is 14.6 Å². The minimum atomic E-state index is -0.699. The van der Waals surface area contributed by atoms with E-state index in [1.807, 2.05) is 18.2 Å². The Morgan fingerprint density at radius 1 is 1.22 bits per heavy atom. The molecule has 5 nitrogen and oxygen atoms in total. The molecular weight excluding hydrogens is 342 g/mol. The van der Waals surface area contributed by atoms with Crippen molar-refractivity contribution in [3.63, 3.8) is 0 Å². The number of ether oxygens (including phenoxy) is 2. The number of rotatable bonds is 6. The lowest BCUT2D eigenvalue weighted by molar-refractivity contribution is -0.149. The summed E-state index contributed by atoms with van der Waals surface area (Å²) in [5.41, 5.74) is 3.68. The fourth-order valence-corrected chi connectivity index (χ4v) is 3.83. The van der Waals surface area contributed by atoms with E-state index < -0.39 is 5.97 Å². The van der Waals surface area contributed by atoms with Crippen molar-refractivity contribution >= 4 is 5.97 Å². The average molecular weight is 367 g/mol. The van der Waals surface area contributed by atoms with E-state index in [9.17, 15) is 4.79 Å². The van der Waals surface area contributed by atoms with Gasteiger partial charge in [0.15, 0.2) is 0 Å². The van der Waals surface area contributed by atoms with Crippen LogP contribution in [-0.2, 0) is 24.2 Å². The van der Waals surface area contributed by atoms with Crippen LogP contribution in [0.4, 0.5) is 0 Å². The molecule has 1 unspecified atom stereocenters. The summed E-state index contributed by atoms with van der Waals surface area (Å²) < 4.78 is 11.9. The first-order valence-corrected chi connectivity index (χ1v) is 9.56. The van der Waals surface area contributed by atoms with Crippen molar-refractivity contribution in [1.82, 2.24) is 4.90 Å². The first-order valence-electron chi connectivity index (χ1n) is 9.56. The van der Waals surface area contributed by atoms with Crippen LogP contribution in [0.3, 0.4) is 0 Å². The number of aliphatic carboxylic acids is 1. The highest BCUT2D eigenvalue weighted by Crippen LogP contribution is 2.33. The van der Waals surface area contributed by atoms with Gasteiger partial charge in [-0.1, -0.05) is 37.3 Å². The molecule has 0 aromatic heterocycles. The zero-order valence-electron chi connectivity index (χ0n) is 15.6. The molecule has 1 atom stereocenters. The Kier molecular flexibility index (Phi) is 5.03. The molecule has 0 spiro atoms. The van der Waals surface area contributed by atoms with Gasteiger partial charge in [0, 0.05) is 25.2 Å². The Morgan fingerprint density at radius 2 is 2.00 bits per heavy atom. The van der Waals surface area contributed by atoms with Crippen LogP contribution in [0.15, 0.2) is 42.5 Å². The maximum atomic E-state index is 11.0. The zero-order valence-corrected chi connectivity index (χ0v) is 15.6. The van der Waals surface area contributed by atoms with Gasteiger partial charge in [0.1, 0.15) is 24.7 Å². The minimum Gasteiger partial charge on any atom is -0.492 e. The summed E-state index contributed by atoms with van der Waals surface area (Å²) in [4.78, 5) is 13.2. The van der Waals surface area contributed by atoms with Crippen LogP contribution in [0.5, 0.6) is 11.5 Å². The molecule has 1 fully saturated rings. The second-order valence-corrected chi connectivity index (χ2v) is 7.34. The Balaban J connectivity index is 1.37. The van der Waals surface area contributed by atoms with Crippen molar-refractivity contribution in [2.45, 2.75) is 32.4 Å². The molecule has 1 saturated heterocycles. The first-order chi connectivity index (χ1) is 13.1. The normalized spacial score (nSPS) is 19.7. The molecule has 27 heavy (non-hydrogen) atoms. The predicted octanol–water partition coefficient (Wildman–Crippen LogP) is 3.15. The fraction of sp³-hybridized carbons (Fsp3) is 0.409. The Hall–Kier alpha value is -2.53. The molecule has 2 aromatic rings. The van der Waals surface area contributed by atoms with Gasteiger partial charge in [-0.3, -0.25) is 9.69 Å². The van der Waals surface area contributed by atoms with Crippen LogP contribution in [0.2, 0.25) is 0 Å². The maximum Gasteiger partial charge on any atom is 0.309 e. The number of carboxylic acids is 1. The van der Waals surface area contributed by atoms with Crippen LogP contribution in [0.1, 0.15) is 23.6 Å². The van der Waals surface area contributed by atoms with E-state index in [1.165, 1.54) is 11.1 Å². The van der Waals surface area contributed by atoms with E-state index in [0.29, 0.717) is 26.3 Å². The molecule has 0 saturated carbocycles. The van der Waals surface area contributed by atoms with Crippen molar-refractivity contribution in [2.75, 3.05) is 19.7 Å². The van der Waals surface area contributed by atoms with Crippen LogP contribution in [0.25, 0.3) is 0 Å². The van der Waals surface area contributed by atoms with Crippen molar-refractivity contribution in [1.29, 1.82) is 0 Å². The Morgan fingerprint density at radius 3 is 2.74 bits per heavy atom. The molecule has 0 radical (unpaired) electrons. The fourth-order valence-electron chi connectivity index (χ4n) is 3.83. The van der Waals surface area contributed by atoms with Gasteiger partial charge in [-0.15, -0.1) is 0 Å². The highest BCUT2D eigenvalue weighted by atomic mass is 16.5. The number of hydrogen-bond acceptors (Lipinski definition) is 4. The second-order valence-electron chi connectivity index (χ2n) is 7.34. The summed E-state index contributed by atoms with van der Waals surface area (Å²) in [6, 6.07) is 14.6. The second kappa shape index (κ2) is 7.61.